The first-order valence-corrected chi connectivity index (χ1v) is 12.0. The third-order valence-electron chi connectivity index (χ3n) is 4.41. The van der Waals surface area contributed by atoms with E-state index in [-0.39, 0.29) is 22.4 Å². The van der Waals surface area contributed by atoms with E-state index in [9.17, 15) is 16.8 Å². The lowest BCUT2D eigenvalue weighted by Crippen LogP contribution is -2.34. The van der Waals surface area contributed by atoms with E-state index in [4.69, 9.17) is 0 Å². The monoisotopic (exact) mass is 410 g/mol. The summed E-state index contributed by atoms with van der Waals surface area (Å²) in [6.07, 6.45) is 1.99. The lowest BCUT2D eigenvalue weighted by atomic mass is 10.0. The minimum atomic E-state index is -3.83. The summed E-state index contributed by atoms with van der Waals surface area (Å²) in [7, 11) is -3.54. The van der Waals surface area contributed by atoms with Crippen LogP contribution in [0.5, 0.6) is 0 Å². The molecule has 8 heteroatoms. The number of rotatable bonds is 8. The van der Waals surface area contributed by atoms with E-state index in [1.165, 1.54) is 29.8 Å². The Hall–Kier alpha value is -1.74. The molecule has 0 spiro atoms. The van der Waals surface area contributed by atoms with Gasteiger partial charge in [-0.25, -0.2) is 21.6 Å². The fraction of sp³-hybridized carbons (Fsp3) is 0.368. The smallest absolute Gasteiger partial charge is 0.240 e. The molecule has 0 aliphatic rings. The van der Waals surface area contributed by atoms with Crippen molar-refractivity contribution in [2.75, 3.05) is 26.9 Å². The molecular formula is C19H26N2O4S2. The third kappa shape index (κ3) is 5.62. The molecule has 0 saturated heterocycles. The molecule has 148 valence electrons. The van der Waals surface area contributed by atoms with Gasteiger partial charge >= 0.3 is 0 Å². The van der Waals surface area contributed by atoms with E-state index in [2.05, 4.69) is 11.6 Å². The summed E-state index contributed by atoms with van der Waals surface area (Å²) >= 11 is 0. The molecule has 0 heterocycles. The zero-order chi connectivity index (χ0) is 20.2. The number of nitrogens with one attached hydrogen (secondary N) is 1. The molecule has 0 fully saturated rings. The van der Waals surface area contributed by atoms with Crippen molar-refractivity contribution >= 4 is 19.9 Å². The number of aryl methyl sites for hydroxylation is 1. The van der Waals surface area contributed by atoms with Crippen molar-refractivity contribution in [1.82, 2.24) is 9.62 Å². The molecule has 2 rings (SSSR count). The maximum atomic E-state index is 12.6. The van der Waals surface area contributed by atoms with Crippen LogP contribution >= 0.6 is 0 Å². The summed E-state index contributed by atoms with van der Waals surface area (Å²) < 4.78 is 51.3. The second kappa shape index (κ2) is 8.52. The normalized spacial score (nSPS) is 13.7. The van der Waals surface area contributed by atoms with Gasteiger partial charge in [-0.2, -0.15) is 0 Å². The SMILES string of the molecule is CCc1ccc(C(CNS(=O)(=O)c2cccc(S(C)(=O)=O)c2)N(C)C)cc1. The summed E-state index contributed by atoms with van der Waals surface area (Å²) in [5.74, 6) is 0. The highest BCUT2D eigenvalue weighted by Crippen LogP contribution is 2.20. The van der Waals surface area contributed by atoms with Crippen LogP contribution in [0.15, 0.2) is 58.3 Å². The summed E-state index contributed by atoms with van der Waals surface area (Å²) in [5.41, 5.74) is 2.22. The van der Waals surface area contributed by atoms with Crippen LogP contribution in [0.3, 0.4) is 0 Å². The Bertz CT molecular complexity index is 983. The molecule has 0 radical (unpaired) electrons. The fourth-order valence-electron chi connectivity index (χ4n) is 2.72. The van der Waals surface area contributed by atoms with Gasteiger partial charge in [0.2, 0.25) is 10.0 Å². The number of sulfonamides is 1. The van der Waals surface area contributed by atoms with Crippen molar-refractivity contribution in [3.63, 3.8) is 0 Å². The van der Waals surface area contributed by atoms with Gasteiger partial charge in [0.1, 0.15) is 0 Å². The van der Waals surface area contributed by atoms with Gasteiger partial charge in [0.05, 0.1) is 9.79 Å². The molecule has 0 amide bonds. The maximum absolute atomic E-state index is 12.6. The minimum absolute atomic E-state index is 0.0234. The lowest BCUT2D eigenvalue weighted by molar-refractivity contribution is 0.299. The quantitative estimate of drug-likeness (QED) is 0.722. The number of nitrogens with zero attached hydrogens (tertiary/aromatic N) is 1. The lowest BCUT2D eigenvalue weighted by Gasteiger charge is -2.25. The van der Waals surface area contributed by atoms with Gasteiger partial charge in [0.15, 0.2) is 9.84 Å². The molecule has 0 bridgehead atoms. The Morgan fingerprint density at radius 3 is 2.07 bits per heavy atom. The van der Waals surface area contributed by atoms with Gasteiger partial charge in [0, 0.05) is 18.8 Å². The zero-order valence-corrected chi connectivity index (χ0v) is 17.6. The number of hydrogen-bond acceptors (Lipinski definition) is 5. The van der Waals surface area contributed by atoms with Gasteiger partial charge in [0.25, 0.3) is 0 Å². The first-order chi connectivity index (χ1) is 12.5. The average Bonchev–Trinajstić information content (AvgIpc) is 2.61. The van der Waals surface area contributed by atoms with Gasteiger partial charge in [-0.1, -0.05) is 37.3 Å². The Labute approximate surface area is 162 Å². The highest BCUT2D eigenvalue weighted by Gasteiger charge is 2.21. The van der Waals surface area contributed by atoms with Crippen molar-refractivity contribution in [3.05, 3.63) is 59.7 Å². The molecule has 1 atom stereocenters. The Kier molecular flexibility index (Phi) is 6.80. The highest BCUT2D eigenvalue weighted by molar-refractivity contribution is 7.91. The van der Waals surface area contributed by atoms with Crippen molar-refractivity contribution in [2.24, 2.45) is 0 Å². The molecular weight excluding hydrogens is 384 g/mol. The van der Waals surface area contributed by atoms with Crippen molar-refractivity contribution in [3.8, 4) is 0 Å². The fourth-order valence-corrected chi connectivity index (χ4v) is 4.54. The van der Waals surface area contributed by atoms with Crippen molar-refractivity contribution < 1.29 is 16.8 Å². The van der Waals surface area contributed by atoms with Gasteiger partial charge in [-0.15, -0.1) is 0 Å². The number of benzene rings is 2. The van der Waals surface area contributed by atoms with Crippen LogP contribution in [0, 0.1) is 0 Å². The Balaban J connectivity index is 2.23. The van der Waals surface area contributed by atoms with Crippen LogP contribution < -0.4 is 4.72 Å². The Morgan fingerprint density at radius 1 is 0.963 bits per heavy atom. The van der Waals surface area contributed by atoms with E-state index >= 15 is 0 Å². The second-order valence-electron chi connectivity index (χ2n) is 6.67. The van der Waals surface area contributed by atoms with Crippen molar-refractivity contribution in [2.45, 2.75) is 29.2 Å². The predicted molar refractivity (Wildman–Crippen MR) is 107 cm³/mol. The molecule has 2 aromatic carbocycles. The van der Waals surface area contributed by atoms with Crippen LogP contribution in [0.1, 0.15) is 24.1 Å². The molecule has 1 unspecified atom stereocenters. The third-order valence-corrected chi connectivity index (χ3v) is 6.94. The highest BCUT2D eigenvalue weighted by atomic mass is 32.2. The molecule has 2 aromatic rings. The number of hydrogen-bond donors (Lipinski definition) is 1. The van der Waals surface area contributed by atoms with Crippen LogP contribution in [-0.2, 0) is 26.3 Å². The molecule has 6 nitrogen and oxygen atoms in total. The molecule has 0 aliphatic carbocycles. The largest absolute Gasteiger partial charge is 0.301 e. The Morgan fingerprint density at radius 2 is 1.56 bits per heavy atom. The molecule has 0 aromatic heterocycles. The van der Waals surface area contributed by atoms with E-state index in [1.54, 1.807) is 0 Å². The van der Waals surface area contributed by atoms with Crippen LogP contribution in [0.2, 0.25) is 0 Å². The van der Waals surface area contributed by atoms with Crippen LogP contribution in [-0.4, -0.2) is 48.6 Å². The molecule has 0 saturated carbocycles. The van der Waals surface area contributed by atoms with E-state index in [1.807, 2.05) is 43.3 Å². The predicted octanol–water partition coefficient (Wildman–Crippen LogP) is 2.23. The number of sulfone groups is 1. The summed E-state index contributed by atoms with van der Waals surface area (Å²) in [4.78, 5) is 1.85. The second-order valence-corrected chi connectivity index (χ2v) is 10.5. The van der Waals surface area contributed by atoms with Gasteiger partial charge < -0.3 is 4.90 Å². The van der Waals surface area contributed by atoms with Crippen LogP contribution in [0.4, 0.5) is 0 Å². The summed E-state index contributed by atoms with van der Waals surface area (Å²) in [6.45, 7) is 2.25. The number of likely N-dealkylation sites (N-methyl/N-ethyl adjacent to an activating group) is 1. The van der Waals surface area contributed by atoms with E-state index in [0.717, 1.165) is 18.2 Å². The standard InChI is InChI=1S/C19H26N2O4S2/c1-5-15-9-11-16(12-10-15)19(21(2)3)14-20-27(24,25)18-8-6-7-17(13-18)26(4,22)23/h6-13,19-20H,5,14H2,1-4H3. The maximum Gasteiger partial charge on any atom is 0.240 e. The molecule has 0 aliphatic heterocycles. The van der Waals surface area contributed by atoms with Crippen LogP contribution in [0.25, 0.3) is 0 Å². The van der Waals surface area contributed by atoms with E-state index < -0.39 is 19.9 Å². The summed E-state index contributed by atoms with van der Waals surface area (Å²) in [6, 6.07) is 13.3. The first kappa shape index (κ1) is 21.6. The average molecular weight is 411 g/mol. The zero-order valence-electron chi connectivity index (χ0n) is 16.0. The summed E-state index contributed by atoms with van der Waals surface area (Å²) in [5, 5.41) is 0. The van der Waals surface area contributed by atoms with E-state index in [0.29, 0.717) is 0 Å². The first-order valence-electron chi connectivity index (χ1n) is 8.59. The molecule has 27 heavy (non-hydrogen) atoms. The minimum Gasteiger partial charge on any atom is -0.301 e. The topological polar surface area (TPSA) is 83.5 Å². The van der Waals surface area contributed by atoms with Crippen molar-refractivity contribution in [1.29, 1.82) is 0 Å². The van der Waals surface area contributed by atoms with Gasteiger partial charge in [-0.05, 0) is 49.8 Å². The molecule has 1 N–H and O–H groups in total. The van der Waals surface area contributed by atoms with Gasteiger partial charge in [-0.3, -0.25) is 0 Å².